The lowest BCUT2D eigenvalue weighted by molar-refractivity contribution is 0.0699. The summed E-state index contributed by atoms with van der Waals surface area (Å²) in [4.78, 5) is 16.4. The van der Waals surface area contributed by atoms with Crippen LogP contribution >= 0.6 is 0 Å². The minimum atomic E-state index is -0.962. The van der Waals surface area contributed by atoms with Crippen LogP contribution in [-0.2, 0) is 0 Å². The molecule has 3 rings (SSSR count). The molecule has 3 aromatic rings. The van der Waals surface area contributed by atoms with Crippen molar-refractivity contribution in [3.05, 3.63) is 59.7 Å². The lowest BCUT2D eigenvalue weighted by Crippen LogP contribution is -2.07. The van der Waals surface area contributed by atoms with E-state index in [-0.39, 0.29) is 11.7 Å². The molecule has 0 saturated heterocycles. The largest absolute Gasteiger partial charge is 0.490 e. The van der Waals surface area contributed by atoms with Gasteiger partial charge in [-0.2, -0.15) is 0 Å². The van der Waals surface area contributed by atoms with Crippen LogP contribution in [0.15, 0.2) is 48.5 Å². The van der Waals surface area contributed by atoms with Crippen LogP contribution in [0.5, 0.6) is 5.75 Å². The van der Waals surface area contributed by atoms with E-state index >= 15 is 0 Å². The van der Waals surface area contributed by atoms with Crippen molar-refractivity contribution in [2.24, 2.45) is 0 Å². The standard InChI is InChI=1S/C20H19NO3/c1-12(2)24-18-10-5-4-8-15(18)17-11-16(20(22)23)14-9-6-7-13(3)19(14)21-17/h4-12H,1-3H3,(H,22,23). The molecule has 0 atom stereocenters. The third-order valence-electron chi connectivity index (χ3n) is 3.80. The van der Waals surface area contributed by atoms with Gasteiger partial charge in [0.2, 0.25) is 0 Å². The second-order valence-electron chi connectivity index (χ2n) is 5.99. The number of pyridine rings is 1. The molecule has 0 spiro atoms. The molecule has 122 valence electrons. The number of ether oxygens (including phenoxy) is 1. The summed E-state index contributed by atoms with van der Waals surface area (Å²) in [6, 6.07) is 14.8. The fraction of sp³-hybridized carbons (Fsp3) is 0.200. The van der Waals surface area contributed by atoms with Crippen molar-refractivity contribution in [2.75, 3.05) is 0 Å². The predicted octanol–water partition coefficient (Wildman–Crippen LogP) is 4.70. The van der Waals surface area contributed by atoms with E-state index in [4.69, 9.17) is 9.72 Å². The number of aromatic carboxylic acids is 1. The molecular formula is C20H19NO3. The van der Waals surface area contributed by atoms with Crippen LogP contribution in [0.2, 0.25) is 0 Å². The Morgan fingerprint density at radius 2 is 1.88 bits per heavy atom. The van der Waals surface area contributed by atoms with E-state index in [9.17, 15) is 9.90 Å². The second-order valence-corrected chi connectivity index (χ2v) is 5.99. The highest BCUT2D eigenvalue weighted by atomic mass is 16.5. The summed E-state index contributed by atoms with van der Waals surface area (Å²) in [5, 5.41) is 10.2. The van der Waals surface area contributed by atoms with E-state index in [0.717, 1.165) is 11.1 Å². The van der Waals surface area contributed by atoms with E-state index in [1.54, 1.807) is 12.1 Å². The molecule has 0 amide bonds. The van der Waals surface area contributed by atoms with Crippen LogP contribution in [0.4, 0.5) is 0 Å². The van der Waals surface area contributed by atoms with Gasteiger partial charge in [-0.25, -0.2) is 9.78 Å². The summed E-state index contributed by atoms with van der Waals surface area (Å²) in [5.74, 6) is -0.263. The lowest BCUT2D eigenvalue weighted by Gasteiger charge is -2.15. The Kier molecular flexibility index (Phi) is 4.21. The molecule has 1 aromatic heterocycles. The molecule has 0 saturated carbocycles. The van der Waals surface area contributed by atoms with Crippen LogP contribution in [0, 0.1) is 6.92 Å². The van der Waals surface area contributed by atoms with E-state index in [0.29, 0.717) is 22.3 Å². The molecule has 0 unspecified atom stereocenters. The van der Waals surface area contributed by atoms with E-state index in [1.165, 1.54) is 0 Å². The number of carbonyl (C=O) groups is 1. The van der Waals surface area contributed by atoms with Gasteiger partial charge in [-0.1, -0.05) is 30.3 Å². The number of para-hydroxylation sites is 2. The van der Waals surface area contributed by atoms with Crippen molar-refractivity contribution in [1.82, 2.24) is 4.98 Å². The average Bonchev–Trinajstić information content (AvgIpc) is 2.54. The zero-order valence-electron chi connectivity index (χ0n) is 13.9. The highest BCUT2D eigenvalue weighted by molar-refractivity contribution is 6.04. The predicted molar refractivity (Wildman–Crippen MR) is 94.6 cm³/mol. The van der Waals surface area contributed by atoms with Crippen molar-refractivity contribution in [1.29, 1.82) is 0 Å². The minimum Gasteiger partial charge on any atom is -0.490 e. The van der Waals surface area contributed by atoms with Crippen molar-refractivity contribution in [2.45, 2.75) is 26.9 Å². The molecule has 0 fully saturated rings. The summed E-state index contributed by atoms with van der Waals surface area (Å²) in [6.45, 7) is 5.84. The van der Waals surface area contributed by atoms with Gasteiger partial charge in [0.1, 0.15) is 5.75 Å². The first-order valence-electron chi connectivity index (χ1n) is 7.87. The van der Waals surface area contributed by atoms with Crippen molar-refractivity contribution in [3.63, 3.8) is 0 Å². The molecule has 1 heterocycles. The third-order valence-corrected chi connectivity index (χ3v) is 3.80. The topological polar surface area (TPSA) is 59.4 Å². The van der Waals surface area contributed by atoms with Gasteiger partial charge in [-0.15, -0.1) is 0 Å². The lowest BCUT2D eigenvalue weighted by atomic mass is 10.0. The van der Waals surface area contributed by atoms with E-state index in [2.05, 4.69) is 0 Å². The minimum absolute atomic E-state index is 0.0206. The Labute approximate surface area is 140 Å². The molecule has 24 heavy (non-hydrogen) atoms. The Hall–Kier alpha value is -2.88. The van der Waals surface area contributed by atoms with Gasteiger partial charge >= 0.3 is 5.97 Å². The van der Waals surface area contributed by atoms with Crippen LogP contribution in [-0.4, -0.2) is 22.2 Å². The summed E-state index contributed by atoms with van der Waals surface area (Å²) in [5.41, 5.74) is 3.29. The second kappa shape index (κ2) is 6.32. The van der Waals surface area contributed by atoms with E-state index < -0.39 is 5.97 Å². The molecule has 0 aliphatic carbocycles. The molecule has 0 aliphatic heterocycles. The van der Waals surface area contributed by atoms with Crippen molar-refractivity contribution in [3.8, 4) is 17.0 Å². The smallest absolute Gasteiger partial charge is 0.336 e. The summed E-state index contributed by atoms with van der Waals surface area (Å²) in [6.07, 6.45) is 0.0206. The summed E-state index contributed by atoms with van der Waals surface area (Å²) >= 11 is 0. The zero-order valence-corrected chi connectivity index (χ0v) is 13.9. The molecule has 0 bridgehead atoms. The normalized spacial score (nSPS) is 11.0. The number of benzene rings is 2. The van der Waals surface area contributed by atoms with Crippen LogP contribution in [0.1, 0.15) is 29.8 Å². The van der Waals surface area contributed by atoms with Crippen molar-refractivity contribution >= 4 is 16.9 Å². The maximum absolute atomic E-state index is 11.7. The first-order valence-corrected chi connectivity index (χ1v) is 7.87. The number of aryl methyl sites for hydroxylation is 1. The molecule has 4 nitrogen and oxygen atoms in total. The van der Waals surface area contributed by atoms with Crippen LogP contribution in [0.25, 0.3) is 22.2 Å². The van der Waals surface area contributed by atoms with Gasteiger partial charge in [0.15, 0.2) is 0 Å². The summed E-state index contributed by atoms with van der Waals surface area (Å²) < 4.78 is 5.85. The maximum atomic E-state index is 11.7. The number of hydrogen-bond acceptors (Lipinski definition) is 3. The van der Waals surface area contributed by atoms with Gasteiger partial charge in [0, 0.05) is 10.9 Å². The Morgan fingerprint density at radius 1 is 1.12 bits per heavy atom. The number of nitrogens with zero attached hydrogens (tertiary/aromatic N) is 1. The number of fused-ring (bicyclic) bond motifs is 1. The number of aromatic nitrogens is 1. The highest BCUT2D eigenvalue weighted by Gasteiger charge is 2.16. The Bertz CT molecular complexity index is 916. The molecule has 1 N–H and O–H groups in total. The van der Waals surface area contributed by atoms with E-state index in [1.807, 2.05) is 57.2 Å². The number of hydrogen-bond donors (Lipinski definition) is 1. The van der Waals surface area contributed by atoms with Crippen LogP contribution in [0.3, 0.4) is 0 Å². The number of rotatable bonds is 4. The third kappa shape index (κ3) is 2.95. The maximum Gasteiger partial charge on any atom is 0.336 e. The van der Waals surface area contributed by atoms with Crippen LogP contribution < -0.4 is 4.74 Å². The molecule has 0 radical (unpaired) electrons. The fourth-order valence-electron chi connectivity index (χ4n) is 2.74. The van der Waals surface area contributed by atoms with Gasteiger partial charge < -0.3 is 9.84 Å². The number of carboxylic acids is 1. The average molecular weight is 321 g/mol. The molecular weight excluding hydrogens is 302 g/mol. The number of carboxylic acid groups (broad SMARTS) is 1. The first kappa shape index (κ1) is 16.0. The molecule has 4 heteroatoms. The molecule has 2 aromatic carbocycles. The zero-order chi connectivity index (χ0) is 17.3. The Morgan fingerprint density at radius 3 is 2.58 bits per heavy atom. The van der Waals surface area contributed by atoms with Gasteiger partial charge in [-0.05, 0) is 44.5 Å². The van der Waals surface area contributed by atoms with Gasteiger partial charge in [0.25, 0.3) is 0 Å². The quantitative estimate of drug-likeness (QED) is 0.757. The molecule has 0 aliphatic rings. The van der Waals surface area contributed by atoms with Crippen molar-refractivity contribution < 1.29 is 14.6 Å². The van der Waals surface area contributed by atoms with Gasteiger partial charge in [0.05, 0.1) is 22.9 Å². The summed E-state index contributed by atoms with van der Waals surface area (Å²) in [7, 11) is 0. The monoisotopic (exact) mass is 321 g/mol. The first-order chi connectivity index (χ1) is 11.5. The highest BCUT2D eigenvalue weighted by Crippen LogP contribution is 2.32. The fourth-order valence-corrected chi connectivity index (χ4v) is 2.74. The Balaban J connectivity index is 2.28. The SMILES string of the molecule is Cc1cccc2c(C(=O)O)cc(-c3ccccc3OC(C)C)nc12. The van der Waals surface area contributed by atoms with Gasteiger partial charge in [-0.3, -0.25) is 0 Å².